The number of carbonyl (C=O) groups excluding carboxylic acids is 2. The lowest BCUT2D eigenvalue weighted by Crippen LogP contribution is -2.43. The van der Waals surface area contributed by atoms with Crippen molar-refractivity contribution in [2.75, 3.05) is 35.6 Å². The summed E-state index contributed by atoms with van der Waals surface area (Å²) >= 11 is 1.39. The number of amides is 2. The summed E-state index contributed by atoms with van der Waals surface area (Å²) in [6.07, 6.45) is 1.03. The fourth-order valence-corrected chi connectivity index (χ4v) is 3.07. The minimum atomic E-state index is -0.166. The fourth-order valence-electron chi connectivity index (χ4n) is 2.27. The number of hydrogen-bond donors (Lipinski definition) is 2. The van der Waals surface area contributed by atoms with Crippen LogP contribution in [0.15, 0.2) is 29.3 Å². The van der Waals surface area contributed by atoms with Crippen LogP contribution in [0.2, 0.25) is 0 Å². The number of amidine groups is 1. The molecular weight excluding hydrogens is 288 g/mol. The van der Waals surface area contributed by atoms with Gasteiger partial charge in [0, 0.05) is 13.1 Å². The molecule has 0 spiro atoms. The number of hydrogen-bond acceptors (Lipinski definition) is 5. The van der Waals surface area contributed by atoms with Gasteiger partial charge in [0.2, 0.25) is 11.8 Å². The minimum absolute atomic E-state index is 0.0658. The van der Waals surface area contributed by atoms with E-state index < -0.39 is 0 Å². The lowest BCUT2D eigenvalue weighted by molar-refractivity contribution is -0.120. The lowest BCUT2D eigenvalue weighted by Gasteiger charge is -2.29. The number of rotatable bonds is 2. The second-order valence-electron chi connectivity index (χ2n) is 4.80. The quantitative estimate of drug-likeness (QED) is 0.856. The molecule has 3 rings (SSSR count). The van der Waals surface area contributed by atoms with Crippen molar-refractivity contribution in [1.82, 2.24) is 5.32 Å². The third kappa shape index (κ3) is 3.18. The van der Waals surface area contributed by atoms with Crippen LogP contribution < -0.4 is 15.5 Å². The number of nitrogens with zero attached hydrogens (tertiary/aromatic N) is 2. The Morgan fingerprint density at radius 2 is 2.24 bits per heavy atom. The highest BCUT2D eigenvalue weighted by atomic mass is 32.2. The van der Waals surface area contributed by atoms with Gasteiger partial charge in [0.25, 0.3) is 0 Å². The monoisotopic (exact) mass is 304 g/mol. The maximum atomic E-state index is 12.4. The smallest absolute Gasteiger partial charge is 0.244 e. The second-order valence-corrected chi connectivity index (χ2v) is 5.77. The number of benzene rings is 1. The summed E-state index contributed by atoms with van der Waals surface area (Å²) in [4.78, 5) is 29.9. The number of thioether (sulfide) groups is 1. The van der Waals surface area contributed by atoms with Gasteiger partial charge in [-0.15, -0.1) is 0 Å². The molecule has 7 heteroatoms. The highest BCUT2D eigenvalue weighted by molar-refractivity contribution is 8.14. The first-order chi connectivity index (χ1) is 10.2. The molecule has 0 atom stereocenters. The van der Waals surface area contributed by atoms with E-state index in [9.17, 15) is 9.59 Å². The summed E-state index contributed by atoms with van der Waals surface area (Å²) in [5.74, 6) is 0.0190. The highest BCUT2D eigenvalue weighted by Crippen LogP contribution is 2.29. The molecule has 1 aromatic carbocycles. The first-order valence-corrected chi connectivity index (χ1v) is 7.83. The molecule has 0 saturated heterocycles. The van der Waals surface area contributed by atoms with Crippen LogP contribution in [0.25, 0.3) is 0 Å². The molecule has 2 N–H and O–H groups in total. The second kappa shape index (κ2) is 6.17. The van der Waals surface area contributed by atoms with E-state index in [0.29, 0.717) is 5.69 Å². The van der Waals surface area contributed by atoms with Crippen LogP contribution in [-0.4, -0.2) is 42.4 Å². The molecule has 0 saturated carbocycles. The zero-order valence-corrected chi connectivity index (χ0v) is 12.3. The number of anilines is 2. The standard InChI is InChI=1S/C14H16N4O2S/c19-12-8-18(11-5-2-1-4-10(11)17-12)13(20)9-21-14-15-6-3-7-16-14/h1-2,4-5H,3,6-9H2,(H,15,16)(H,17,19). The van der Waals surface area contributed by atoms with E-state index in [1.165, 1.54) is 16.7 Å². The molecule has 110 valence electrons. The normalized spacial score (nSPS) is 17.4. The Labute approximate surface area is 127 Å². The van der Waals surface area contributed by atoms with E-state index in [4.69, 9.17) is 0 Å². The van der Waals surface area contributed by atoms with Crippen LogP contribution in [-0.2, 0) is 9.59 Å². The molecule has 0 fully saturated rings. The van der Waals surface area contributed by atoms with Crippen LogP contribution in [0.3, 0.4) is 0 Å². The van der Waals surface area contributed by atoms with Crippen molar-refractivity contribution in [3.8, 4) is 0 Å². The Kier molecular flexibility index (Phi) is 4.10. The molecule has 2 aliphatic rings. The Balaban J connectivity index is 1.69. The van der Waals surface area contributed by atoms with Gasteiger partial charge in [0.05, 0.1) is 17.1 Å². The van der Waals surface area contributed by atoms with Crippen molar-refractivity contribution in [2.45, 2.75) is 6.42 Å². The molecule has 2 aliphatic heterocycles. The van der Waals surface area contributed by atoms with Crippen LogP contribution in [0, 0.1) is 0 Å². The highest BCUT2D eigenvalue weighted by Gasteiger charge is 2.26. The summed E-state index contributed by atoms with van der Waals surface area (Å²) in [6, 6.07) is 7.33. The van der Waals surface area contributed by atoms with Crippen molar-refractivity contribution < 1.29 is 9.59 Å². The third-order valence-electron chi connectivity index (χ3n) is 3.27. The fraction of sp³-hybridized carbons (Fsp3) is 0.357. The molecule has 6 nitrogen and oxygen atoms in total. The summed E-state index contributed by atoms with van der Waals surface area (Å²) in [6.45, 7) is 1.77. The van der Waals surface area contributed by atoms with Crippen molar-refractivity contribution >= 4 is 40.1 Å². The molecule has 2 amide bonds. The summed E-state index contributed by atoms with van der Waals surface area (Å²) in [7, 11) is 0. The van der Waals surface area contributed by atoms with Crippen LogP contribution in [0.1, 0.15) is 6.42 Å². The Hall–Kier alpha value is -2.02. The SMILES string of the molecule is O=C1CN(C(=O)CSC2=NCCCN2)c2ccccc2N1. The maximum absolute atomic E-state index is 12.4. The zero-order chi connectivity index (χ0) is 14.7. The van der Waals surface area contributed by atoms with E-state index in [2.05, 4.69) is 15.6 Å². The van der Waals surface area contributed by atoms with Gasteiger partial charge in [-0.25, -0.2) is 0 Å². The van der Waals surface area contributed by atoms with E-state index in [1.807, 2.05) is 18.2 Å². The van der Waals surface area contributed by atoms with Gasteiger partial charge >= 0.3 is 0 Å². The van der Waals surface area contributed by atoms with Crippen LogP contribution >= 0.6 is 11.8 Å². The van der Waals surface area contributed by atoms with Crippen LogP contribution in [0.4, 0.5) is 11.4 Å². The zero-order valence-electron chi connectivity index (χ0n) is 11.5. The molecule has 0 unspecified atom stereocenters. The van der Waals surface area contributed by atoms with Crippen molar-refractivity contribution in [3.63, 3.8) is 0 Å². The molecule has 2 heterocycles. The first kappa shape index (κ1) is 13.9. The number of carbonyl (C=O) groups is 2. The topological polar surface area (TPSA) is 73.8 Å². The summed E-state index contributed by atoms with van der Waals surface area (Å²) in [5.41, 5.74) is 1.43. The molecule has 0 bridgehead atoms. The minimum Gasteiger partial charge on any atom is -0.365 e. The van der Waals surface area contributed by atoms with Crippen molar-refractivity contribution in [2.24, 2.45) is 4.99 Å². The van der Waals surface area contributed by atoms with E-state index >= 15 is 0 Å². The van der Waals surface area contributed by atoms with Gasteiger partial charge in [0.15, 0.2) is 5.17 Å². The third-order valence-corrected chi connectivity index (χ3v) is 4.21. The van der Waals surface area contributed by atoms with Crippen molar-refractivity contribution in [3.05, 3.63) is 24.3 Å². The van der Waals surface area contributed by atoms with Crippen molar-refractivity contribution in [1.29, 1.82) is 0 Å². The average Bonchev–Trinajstić information content (AvgIpc) is 2.52. The molecule has 21 heavy (non-hydrogen) atoms. The molecule has 1 aromatic rings. The number of para-hydroxylation sites is 2. The maximum Gasteiger partial charge on any atom is 0.244 e. The number of nitrogens with one attached hydrogen (secondary N) is 2. The molecule has 0 radical (unpaired) electrons. The van der Waals surface area contributed by atoms with E-state index in [-0.39, 0.29) is 24.1 Å². The van der Waals surface area contributed by atoms with Crippen LogP contribution in [0.5, 0.6) is 0 Å². The van der Waals surface area contributed by atoms with Gasteiger partial charge in [-0.3, -0.25) is 14.6 Å². The van der Waals surface area contributed by atoms with Gasteiger partial charge in [-0.1, -0.05) is 23.9 Å². The Bertz CT molecular complexity index is 602. The van der Waals surface area contributed by atoms with Gasteiger partial charge in [-0.2, -0.15) is 0 Å². The lowest BCUT2D eigenvalue weighted by atomic mass is 10.2. The van der Waals surface area contributed by atoms with Gasteiger partial charge in [-0.05, 0) is 18.6 Å². The summed E-state index contributed by atoms with van der Waals surface area (Å²) in [5, 5.41) is 6.75. The molecular formula is C14H16N4O2S. The largest absolute Gasteiger partial charge is 0.365 e. The summed E-state index contributed by atoms with van der Waals surface area (Å²) < 4.78 is 0. The molecule has 0 aliphatic carbocycles. The molecule has 0 aromatic heterocycles. The van der Waals surface area contributed by atoms with E-state index in [1.54, 1.807) is 6.07 Å². The number of fused-ring (bicyclic) bond motifs is 1. The van der Waals surface area contributed by atoms with E-state index in [0.717, 1.165) is 30.4 Å². The first-order valence-electron chi connectivity index (χ1n) is 6.84. The predicted molar refractivity (Wildman–Crippen MR) is 84.8 cm³/mol. The Morgan fingerprint density at radius 1 is 1.38 bits per heavy atom. The average molecular weight is 304 g/mol. The predicted octanol–water partition coefficient (Wildman–Crippen LogP) is 1.05. The Morgan fingerprint density at radius 3 is 3.05 bits per heavy atom. The van der Waals surface area contributed by atoms with Gasteiger partial charge in [0.1, 0.15) is 6.54 Å². The number of aliphatic imine (C=N–C) groups is 1. The van der Waals surface area contributed by atoms with Gasteiger partial charge < -0.3 is 15.5 Å².